The molecule has 0 spiro atoms. The molecular formula is C17H10Br3Cl. The number of benzene rings is 3. The molecule has 3 aromatic carbocycles. The minimum atomic E-state index is 0.0992. The van der Waals surface area contributed by atoms with Crippen LogP contribution in [0.15, 0.2) is 63.5 Å². The lowest BCUT2D eigenvalue weighted by Crippen LogP contribution is -1.95. The molecule has 0 nitrogen and oxygen atoms in total. The zero-order valence-electron chi connectivity index (χ0n) is 10.8. The number of fused-ring (bicyclic) bond motifs is 1. The van der Waals surface area contributed by atoms with Gasteiger partial charge in [-0.25, -0.2) is 0 Å². The molecule has 0 aliphatic carbocycles. The fraction of sp³-hybridized carbons (Fsp3) is 0.0588. The molecule has 3 rings (SSSR count). The smallest absolute Gasteiger partial charge is 0.0661 e. The van der Waals surface area contributed by atoms with Crippen LogP contribution in [0.25, 0.3) is 10.8 Å². The highest BCUT2D eigenvalue weighted by Crippen LogP contribution is 2.40. The summed E-state index contributed by atoms with van der Waals surface area (Å²) < 4.78 is 2.12. The first-order chi connectivity index (χ1) is 10.1. The van der Waals surface area contributed by atoms with Crippen molar-refractivity contribution >= 4 is 70.2 Å². The Balaban J connectivity index is 2.18. The van der Waals surface area contributed by atoms with E-state index in [1.807, 2.05) is 24.3 Å². The maximum absolute atomic E-state index is 6.30. The minimum absolute atomic E-state index is 0.0992. The number of hydrogen-bond acceptors (Lipinski definition) is 0. The van der Waals surface area contributed by atoms with E-state index in [0.29, 0.717) is 0 Å². The Labute approximate surface area is 153 Å². The largest absolute Gasteiger partial charge is 0.0837 e. The molecule has 1 unspecified atom stereocenters. The Morgan fingerprint density at radius 2 is 1.48 bits per heavy atom. The van der Waals surface area contributed by atoms with Gasteiger partial charge in [0.15, 0.2) is 0 Å². The van der Waals surface area contributed by atoms with Crippen LogP contribution >= 0.6 is 59.4 Å². The summed E-state index contributed by atoms with van der Waals surface area (Å²) in [5.74, 6) is 0. The van der Waals surface area contributed by atoms with E-state index < -0.39 is 0 Å². The van der Waals surface area contributed by atoms with Gasteiger partial charge in [-0.1, -0.05) is 95.8 Å². The van der Waals surface area contributed by atoms with Gasteiger partial charge in [-0.05, 0) is 34.7 Å². The summed E-state index contributed by atoms with van der Waals surface area (Å²) in [6.45, 7) is 0. The molecule has 106 valence electrons. The zero-order valence-corrected chi connectivity index (χ0v) is 16.3. The number of hydrogen-bond donors (Lipinski definition) is 0. The predicted molar refractivity (Wildman–Crippen MR) is 102 cm³/mol. The van der Waals surface area contributed by atoms with Gasteiger partial charge in [0.05, 0.1) is 4.83 Å². The van der Waals surface area contributed by atoms with Crippen LogP contribution in [-0.4, -0.2) is 0 Å². The third-order valence-electron chi connectivity index (χ3n) is 3.41. The van der Waals surface area contributed by atoms with E-state index in [1.165, 1.54) is 16.5 Å². The van der Waals surface area contributed by atoms with Crippen molar-refractivity contribution in [2.24, 2.45) is 0 Å². The van der Waals surface area contributed by atoms with Crippen LogP contribution < -0.4 is 0 Å². The summed E-state index contributed by atoms with van der Waals surface area (Å²) >= 11 is 17.3. The van der Waals surface area contributed by atoms with Gasteiger partial charge >= 0.3 is 0 Å². The normalized spacial score (nSPS) is 12.6. The van der Waals surface area contributed by atoms with E-state index in [2.05, 4.69) is 78.1 Å². The first-order valence-electron chi connectivity index (χ1n) is 6.34. The molecule has 0 aliphatic rings. The summed E-state index contributed by atoms with van der Waals surface area (Å²) in [6, 6.07) is 18.5. The summed E-state index contributed by atoms with van der Waals surface area (Å²) in [5.41, 5.74) is 2.39. The molecule has 0 amide bonds. The Morgan fingerprint density at radius 3 is 2.19 bits per heavy atom. The second kappa shape index (κ2) is 6.41. The fourth-order valence-corrected chi connectivity index (χ4v) is 4.99. The van der Waals surface area contributed by atoms with Crippen LogP contribution in [-0.2, 0) is 0 Å². The Kier molecular flexibility index (Phi) is 4.75. The zero-order chi connectivity index (χ0) is 15.0. The molecule has 0 radical (unpaired) electrons. The van der Waals surface area contributed by atoms with Gasteiger partial charge in [0, 0.05) is 19.4 Å². The molecule has 21 heavy (non-hydrogen) atoms. The van der Waals surface area contributed by atoms with Crippen molar-refractivity contribution in [1.29, 1.82) is 0 Å². The van der Waals surface area contributed by atoms with Gasteiger partial charge in [-0.15, -0.1) is 0 Å². The van der Waals surface area contributed by atoms with Crippen molar-refractivity contribution in [1.82, 2.24) is 0 Å². The van der Waals surface area contributed by atoms with E-state index in [-0.39, 0.29) is 4.83 Å². The van der Waals surface area contributed by atoms with Crippen LogP contribution in [0.4, 0.5) is 0 Å². The van der Waals surface area contributed by atoms with Crippen LogP contribution in [0.1, 0.15) is 16.0 Å². The van der Waals surface area contributed by atoms with Gasteiger partial charge < -0.3 is 0 Å². The van der Waals surface area contributed by atoms with Crippen LogP contribution in [0.2, 0.25) is 5.02 Å². The quantitative estimate of drug-likeness (QED) is 0.327. The Morgan fingerprint density at radius 1 is 0.810 bits per heavy atom. The summed E-state index contributed by atoms with van der Waals surface area (Å²) in [4.78, 5) is 0.0992. The predicted octanol–water partition coefficient (Wildman–Crippen LogP) is 7.50. The lowest BCUT2D eigenvalue weighted by atomic mass is 9.98. The molecule has 0 N–H and O–H groups in total. The van der Waals surface area contributed by atoms with E-state index >= 15 is 0 Å². The van der Waals surface area contributed by atoms with Crippen molar-refractivity contribution in [3.8, 4) is 0 Å². The number of rotatable bonds is 2. The van der Waals surface area contributed by atoms with E-state index in [9.17, 15) is 0 Å². The van der Waals surface area contributed by atoms with Gasteiger partial charge in [-0.2, -0.15) is 0 Å². The van der Waals surface area contributed by atoms with E-state index in [0.717, 1.165) is 19.4 Å². The topological polar surface area (TPSA) is 0 Å². The van der Waals surface area contributed by atoms with Crippen molar-refractivity contribution in [2.75, 3.05) is 0 Å². The van der Waals surface area contributed by atoms with E-state index in [1.54, 1.807) is 0 Å². The highest BCUT2D eigenvalue weighted by atomic mass is 79.9. The average molecular weight is 489 g/mol. The maximum atomic E-state index is 6.30. The van der Waals surface area contributed by atoms with E-state index in [4.69, 9.17) is 11.6 Å². The first-order valence-corrected chi connectivity index (χ1v) is 9.22. The van der Waals surface area contributed by atoms with Gasteiger partial charge in [0.2, 0.25) is 0 Å². The van der Waals surface area contributed by atoms with Crippen LogP contribution in [0.3, 0.4) is 0 Å². The molecule has 0 bridgehead atoms. The average Bonchev–Trinajstić information content (AvgIpc) is 2.47. The maximum Gasteiger partial charge on any atom is 0.0661 e. The van der Waals surface area contributed by atoms with Gasteiger partial charge in [-0.3, -0.25) is 0 Å². The molecular weight excluding hydrogens is 479 g/mol. The Hall–Kier alpha value is -0.350. The molecule has 0 saturated heterocycles. The summed E-state index contributed by atoms with van der Waals surface area (Å²) in [5, 5.41) is 3.03. The first kappa shape index (κ1) is 15.5. The second-order valence-electron chi connectivity index (χ2n) is 4.71. The summed E-state index contributed by atoms with van der Waals surface area (Å²) in [6.07, 6.45) is 0. The number of alkyl halides is 1. The molecule has 0 saturated carbocycles. The van der Waals surface area contributed by atoms with Crippen molar-refractivity contribution in [2.45, 2.75) is 4.83 Å². The van der Waals surface area contributed by atoms with Gasteiger partial charge in [0.25, 0.3) is 0 Å². The highest BCUT2D eigenvalue weighted by molar-refractivity contribution is 9.11. The molecule has 4 heteroatoms. The number of halogens is 4. The molecule has 0 heterocycles. The molecule has 0 aromatic heterocycles. The third kappa shape index (κ3) is 3.07. The lowest BCUT2D eigenvalue weighted by Gasteiger charge is -2.16. The van der Waals surface area contributed by atoms with Crippen molar-refractivity contribution in [3.05, 3.63) is 79.7 Å². The van der Waals surface area contributed by atoms with Crippen molar-refractivity contribution in [3.63, 3.8) is 0 Å². The monoisotopic (exact) mass is 486 g/mol. The minimum Gasteiger partial charge on any atom is -0.0837 e. The standard InChI is InChI=1S/C17H10Br3Cl/c18-10-5-6-14(15(19)9-10)17(20)13-7-8-16(21)12-4-2-1-3-11(12)13/h1-9,17H. The molecule has 3 aromatic rings. The molecule has 0 fully saturated rings. The van der Waals surface area contributed by atoms with Crippen LogP contribution in [0.5, 0.6) is 0 Å². The SMILES string of the molecule is Clc1ccc(C(Br)c2ccc(Br)cc2Br)c2ccccc12. The van der Waals surface area contributed by atoms with Crippen LogP contribution in [0, 0.1) is 0 Å². The third-order valence-corrected chi connectivity index (χ3v) is 5.91. The molecule has 0 aliphatic heterocycles. The second-order valence-corrected chi connectivity index (χ2v) is 7.80. The Bertz CT molecular complexity index is 814. The highest BCUT2D eigenvalue weighted by Gasteiger charge is 2.17. The summed E-state index contributed by atoms with van der Waals surface area (Å²) in [7, 11) is 0. The van der Waals surface area contributed by atoms with Crippen molar-refractivity contribution < 1.29 is 0 Å². The molecule has 1 atom stereocenters. The lowest BCUT2D eigenvalue weighted by molar-refractivity contribution is 1.18. The van der Waals surface area contributed by atoms with Gasteiger partial charge in [0.1, 0.15) is 0 Å². The fourth-order valence-electron chi connectivity index (χ4n) is 2.38.